The lowest BCUT2D eigenvalue weighted by molar-refractivity contribution is 0.102. The normalized spacial score (nSPS) is 10.3. The standard InChI is InChI=1S/C19H19N3O/c1-21(2)16-11-9-15(10-12-16)20-19(23)17-7-3-4-8-18(17)22-13-5-6-14-22/h3-14H,1-2H3,(H,20,23). The number of para-hydroxylation sites is 1. The van der Waals surface area contributed by atoms with Crippen LogP contribution in [0.25, 0.3) is 5.69 Å². The van der Waals surface area contributed by atoms with E-state index in [0.717, 1.165) is 17.1 Å². The Morgan fingerprint density at radius 1 is 0.913 bits per heavy atom. The molecule has 0 saturated heterocycles. The van der Waals surface area contributed by atoms with Crippen molar-refractivity contribution in [2.24, 2.45) is 0 Å². The molecule has 0 bridgehead atoms. The summed E-state index contributed by atoms with van der Waals surface area (Å²) in [5.74, 6) is -0.119. The number of nitrogens with one attached hydrogen (secondary N) is 1. The van der Waals surface area contributed by atoms with Gasteiger partial charge in [0.25, 0.3) is 5.91 Å². The van der Waals surface area contributed by atoms with Crippen molar-refractivity contribution >= 4 is 17.3 Å². The minimum Gasteiger partial charge on any atom is -0.378 e. The molecule has 0 aliphatic rings. The van der Waals surface area contributed by atoms with Crippen molar-refractivity contribution in [1.29, 1.82) is 0 Å². The molecule has 0 fully saturated rings. The molecule has 0 aliphatic carbocycles. The van der Waals surface area contributed by atoms with Gasteiger partial charge in [0, 0.05) is 37.9 Å². The molecule has 1 heterocycles. The van der Waals surface area contributed by atoms with Crippen molar-refractivity contribution in [2.75, 3.05) is 24.3 Å². The number of hydrogen-bond acceptors (Lipinski definition) is 2. The summed E-state index contributed by atoms with van der Waals surface area (Å²) in [5, 5.41) is 2.96. The predicted molar refractivity (Wildman–Crippen MR) is 94.5 cm³/mol. The van der Waals surface area contributed by atoms with E-state index in [1.54, 1.807) is 0 Å². The Morgan fingerprint density at radius 3 is 2.22 bits per heavy atom. The van der Waals surface area contributed by atoms with Crippen molar-refractivity contribution in [3.05, 3.63) is 78.6 Å². The summed E-state index contributed by atoms with van der Waals surface area (Å²) >= 11 is 0. The highest BCUT2D eigenvalue weighted by atomic mass is 16.1. The highest BCUT2D eigenvalue weighted by Gasteiger charge is 2.12. The van der Waals surface area contributed by atoms with Crippen LogP contribution in [0.4, 0.5) is 11.4 Å². The molecule has 0 saturated carbocycles. The maximum atomic E-state index is 12.6. The van der Waals surface area contributed by atoms with E-state index < -0.39 is 0 Å². The number of anilines is 2. The zero-order valence-electron chi connectivity index (χ0n) is 13.2. The fourth-order valence-corrected chi connectivity index (χ4v) is 2.43. The topological polar surface area (TPSA) is 37.3 Å². The first-order chi connectivity index (χ1) is 11.1. The zero-order chi connectivity index (χ0) is 16.2. The second-order valence-electron chi connectivity index (χ2n) is 5.50. The van der Waals surface area contributed by atoms with Crippen molar-refractivity contribution in [3.8, 4) is 5.69 Å². The van der Waals surface area contributed by atoms with Gasteiger partial charge in [-0.2, -0.15) is 0 Å². The highest BCUT2D eigenvalue weighted by Crippen LogP contribution is 2.19. The summed E-state index contributed by atoms with van der Waals surface area (Å²) in [6.45, 7) is 0. The molecule has 3 aromatic rings. The molecular weight excluding hydrogens is 286 g/mol. The van der Waals surface area contributed by atoms with Crippen LogP contribution in [0.15, 0.2) is 73.1 Å². The number of aromatic nitrogens is 1. The molecule has 1 N–H and O–H groups in total. The number of benzene rings is 2. The molecule has 1 amide bonds. The van der Waals surface area contributed by atoms with Gasteiger partial charge in [-0.05, 0) is 48.5 Å². The third-order valence-electron chi connectivity index (χ3n) is 3.67. The lowest BCUT2D eigenvalue weighted by Gasteiger charge is -2.14. The Balaban J connectivity index is 1.84. The van der Waals surface area contributed by atoms with E-state index in [4.69, 9.17) is 0 Å². The molecule has 0 unspecified atom stereocenters. The van der Waals surface area contributed by atoms with Crippen LogP contribution in [-0.4, -0.2) is 24.6 Å². The van der Waals surface area contributed by atoms with Crippen LogP contribution >= 0.6 is 0 Å². The molecular formula is C19H19N3O. The predicted octanol–water partition coefficient (Wildman–Crippen LogP) is 3.80. The minimum atomic E-state index is -0.119. The molecule has 2 aromatic carbocycles. The maximum Gasteiger partial charge on any atom is 0.257 e. The lowest BCUT2D eigenvalue weighted by Crippen LogP contribution is -2.15. The Morgan fingerprint density at radius 2 is 1.57 bits per heavy atom. The zero-order valence-corrected chi connectivity index (χ0v) is 13.2. The Hall–Kier alpha value is -3.01. The molecule has 4 nitrogen and oxygen atoms in total. The molecule has 0 radical (unpaired) electrons. The van der Waals surface area contributed by atoms with Crippen molar-refractivity contribution < 1.29 is 4.79 Å². The lowest BCUT2D eigenvalue weighted by atomic mass is 10.1. The van der Waals surface area contributed by atoms with E-state index in [-0.39, 0.29) is 5.91 Å². The number of rotatable bonds is 4. The number of hydrogen-bond donors (Lipinski definition) is 1. The van der Waals surface area contributed by atoms with Crippen LogP contribution < -0.4 is 10.2 Å². The van der Waals surface area contributed by atoms with E-state index in [1.807, 2.05) is 96.6 Å². The first-order valence-corrected chi connectivity index (χ1v) is 7.46. The maximum absolute atomic E-state index is 12.6. The van der Waals surface area contributed by atoms with Crippen LogP contribution in [0.2, 0.25) is 0 Å². The summed E-state index contributed by atoms with van der Waals surface area (Å²) in [4.78, 5) is 14.6. The van der Waals surface area contributed by atoms with Gasteiger partial charge in [-0.25, -0.2) is 0 Å². The third-order valence-corrected chi connectivity index (χ3v) is 3.67. The second kappa shape index (κ2) is 6.40. The molecule has 1 aromatic heterocycles. The van der Waals surface area contributed by atoms with Crippen molar-refractivity contribution in [1.82, 2.24) is 4.57 Å². The molecule has 0 spiro atoms. The quantitative estimate of drug-likeness (QED) is 0.796. The summed E-state index contributed by atoms with van der Waals surface area (Å²) in [5.41, 5.74) is 3.37. The van der Waals surface area contributed by atoms with Gasteiger partial charge in [-0.1, -0.05) is 12.1 Å². The first kappa shape index (κ1) is 14.9. The third kappa shape index (κ3) is 3.26. The fourth-order valence-electron chi connectivity index (χ4n) is 2.43. The fraction of sp³-hybridized carbons (Fsp3) is 0.105. The Kier molecular flexibility index (Phi) is 4.15. The number of carbonyl (C=O) groups excluding carboxylic acids is 1. The van der Waals surface area contributed by atoms with Gasteiger partial charge in [-0.3, -0.25) is 4.79 Å². The number of amides is 1. The molecule has 3 rings (SSSR count). The Bertz CT molecular complexity index is 790. The van der Waals surface area contributed by atoms with Gasteiger partial charge in [0.2, 0.25) is 0 Å². The molecule has 116 valence electrons. The van der Waals surface area contributed by atoms with Crippen LogP contribution in [-0.2, 0) is 0 Å². The van der Waals surface area contributed by atoms with E-state index in [9.17, 15) is 4.79 Å². The van der Waals surface area contributed by atoms with Crippen molar-refractivity contribution in [2.45, 2.75) is 0 Å². The van der Waals surface area contributed by atoms with Crippen molar-refractivity contribution in [3.63, 3.8) is 0 Å². The average molecular weight is 305 g/mol. The van der Waals surface area contributed by atoms with Gasteiger partial charge >= 0.3 is 0 Å². The van der Waals surface area contributed by atoms with Gasteiger partial charge in [0.15, 0.2) is 0 Å². The average Bonchev–Trinajstić information content (AvgIpc) is 3.09. The van der Waals surface area contributed by atoms with Gasteiger partial charge in [0.1, 0.15) is 0 Å². The summed E-state index contributed by atoms with van der Waals surface area (Å²) in [7, 11) is 3.97. The SMILES string of the molecule is CN(C)c1ccc(NC(=O)c2ccccc2-n2cccc2)cc1. The van der Waals surface area contributed by atoms with E-state index >= 15 is 0 Å². The smallest absolute Gasteiger partial charge is 0.257 e. The van der Waals surface area contributed by atoms with E-state index in [1.165, 1.54) is 0 Å². The van der Waals surface area contributed by atoms with Crippen LogP contribution in [0.3, 0.4) is 0 Å². The molecule has 23 heavy (non-hydrogen) atoms. The first-order valence-electron chi connectivity index (χ1n) is 7.46. The molecule has 0 aliphatic heterocycles. The summed E-state index contributed by atoms with van der Waals surface area (Å²) in [6, 6.07) is 19.2. The summed E-state index contributed by atoms with van der Waals surface area (Å²) < 4.78 is 1.93. The van der Waals surface area contributed by atoms with Gasteiger partial charge < -0.3 is 14.8 Å². The molecule has 4 heteroatoms. The summed E-state index contributed by atoms with van der Waals surface area (Å²) in [6.07, 6.45) is 3.86. The van der Waals surface area contributed by atoms with Gasteiger partial charge in [0.05, 0.1) is 11.3 Å². The van der Waals surface area contributed by atoms with Crippen LogP contribution in [0, 0.1) is 0 Å². The van der Waals surface area contributed by atoms with Gasteiger partial charge in [-0.15, -0.1) is 0 Å². The second-order valence-corrected chi connectivity index (χ2v) is 5.50. The largest absolute Gasteiger partial charge is 0.378 e. The number of nitrogens with zero attached hydrogens (tertiary/aromatic N) is 2. The minimum absolute atomic E-state index is 0.119. The van der Waals surface area contributed by atoms with E-state index in [0.29, 0.717) is 5.56 Å². The monoisotopic (exact) mass is 305 g/mol. The molecule has 0 atom stereocenters. The van der Waals surface area contributed by atoms with E-state index in [2.05, 4.69) is 5.32 Å². The van der Waals surface area contributed by atoms with Crippen LogP contribution in [0.1, 0.15) is 10.4 Å². The Labute approximate surface area is 136 Å². The highest BCUT2D eigenvalue weighted by molar-refractivity contribution is 6.06. The number of carbonyl (C=O) groups is 1. The van der Waals surface area contributed by atoms with Crippen LogP contribution in [0.5, 0.6) is 0 Å².